The maximum absolute atomic E-state index is 13.5. The molecule has 3 nitrogen and oxygen atoms in total. The second-order valence-corrected chi connectivity index (χ2v) is 3.99. The maximum atomic E-state index is 13.5. The monoisotopic (exact) mass is 282 g/mol. The van der Waals surface area contributed by atoms with Gasteiger partial charge in [-0.2, -0.15) is 0 Å². The van der Waals surface area contributed by atoms with Crippen molar-refractivity contribution in [2.45, 2.75) is 6.61 Å². The summed E-state index contributed by atoms with van der Waals surface area (Å²) < 4.78 is 44.5. The molecule has 2 rings (SSSR count). The van der Waals surface area contributed by atoms with Gasteiger partial charge in [0.05, 0.1) is 0 Å². The number of hydrogen-bond donors (Lipinski definition) is 1. The molecule has 0 bridgehead atoms. The number of carboxylic acid groups (broad SMARTS) is 1. The number of ether oxygens (including phenoxy) is 1. The molecule has 0 saturated heterocycles. The molecule has 0 radical (unpaired) electrons. The van der Waals surface area contributed by atoms with Crippen molar-refractivity contribution in [2.24, 2.45) is 0 Å². The summed E-state index contributed by atoms with van der Waals surface area (Å²) in [6, 6.07) is 6.17. The van der Waals surface area contributed by atoms with Gasteiger partial charge in [-0.05, 0) is 29.8 Å². The molecule has 0 aliphatic carbocycles. The lowest BCUT2D eigenvalue weighted by Gasteiger charge is -2.10. The van der Waals surface area contributed by atoms with Crippen LogP contribution in [0.15, 0.2) is 36.4 Å². The number of carbonyl (C=O) groups is 1. The topological polar surface area (TPSA) is 46.5 Å². The first-order chi connectivity index (χ1) is 9.47. The zero-order valence-corrected chi connectivity index (χ0v) is 10.1. The van der Waals surface area contributed by atoms with Crippen LogP contribution in [0.25, 0.3) is 0 Å². The Morgan fingerprint density at radius 2 is 1.75 bits per heavy atom. The molecule has 104 valence electrons. The van der Waals surface area contributed by atoms with Crippen molar-refractivity contribution in [3.63, 3.8) is 0 Å². The first-order valence-electron chi connectivity index (χ1n) is 5.57. The number of halogens is 3. The van der Waals surface area contributed by atoms with Crippen LogP contribution in [0.3, 0.4) is 0 Å². The van der Waals surface area contributed by atoms with E-state index in [-0.39, 0.29) is 17.7 Å². The highest BCUT2D eigenvalue weighted by Crippen LogP contribution is 2.24. The summed E-state index contributed by atoms with van der Waals surface area (Å²) in [4.78, 5) is 10.9. The van der Waals surface area contributed by atoms with Crippen LogP contribution in [0.1, 0.15) is 15.9 Å². The molecule has 0 fully saturated rings. The van der Waals surface area contributed by atoms with Gasteiger partial charge in [0.2, 0.25) is 0 Å². The van der Waals surface area contributed by atoms with Gasteiger partial charge in [-0.25, -0.2) is 18.0 Å². The van der Waals surface area contributed by atoms with E-state index in [1.54, 1.807) is 0 Å². The fourth-order valence-electron chi connectivity index (χ4n) is 1.67. The molecular formula is C14H9F3O3. The lowest BCUT2D eigenvalue weighted by atomic mass is 10.2. The van der Waals surface area contributed by atoms with Crippen LogP contribution in [0.5, 0.6) is 5.75 Å². The summed E-state index contributed by atoms with van der Waals surface area (Å²) in [5.41, 5.74) is -0.232. The number of hydrogen-bond acceptors (Lipinski definition) is 2. The van der Waals surface area contributed by atoms with Crippen LogP contribution in [-0.2, 0) is 6.61 Å². The van der Waals surface area contributed by atoms with Crippen LogP contribution in [-0.4, -0.2) is 11.1 Å². The zero-order chi connectivity index (χ0) is 14.7. The molecule has 2 aromatic rings. The number of rotatable bonds is 4. The minimum Gasteiger partial charge on any atom is -0.485 e. The van der Waals surface area contributed by atoms with Crippen molar-refractivity contribution in [3.05, 3.63) is 65.0 Å². The summed E-state index contributed by atoms with van der Waals surface area (Å²) in [6.45, 7) is -0.351. The van der Waals surface area contributed by atoms with Gasteiger partial charge in [-0.1, -0.05) is 6.07 Å². The Balaban J connectivity index is 2.25. The summed E-state index contributed by atoms with van der Waals surface area (Å²) in [5, 5.41) is 8.91. The van der Waals surface area contributed by atoms with E-state index in [1.165, 1.54) is 12.1 Å². The van der Waals surface area contributed by atoms with Gasteiger partial charge < -0.3 is 9.84 Å². The highest BCUT2D eigenvalue weighted by atomic mass is 19.1. The van der Waals surface area contributed by atoms with E-state index in [2.05, 4.69) is 0 Å². The minimum absolute atomic E-state index is 0.127. The summed E-state index contributed by atoms with van der Waals surface area (Å²) in [7, 11) is 0. The number of aromatic carboxylic acids is 1. The molecule has 6 heteroatoms. The average molecular weight is 282 g/mol. The van der Waals surface area contributed by atoms with E-state index in [4.69, 9.17) is 9.84 Å². The molecule has 0 spiro atoms. The third kappa shape index (κ3) is 3.09. The van der Waals surface area contributed by atoms with Gasteiger partial charge in [-0.3, -0.25) is 0 Å². The van der Waals surface area contributed by atoms with Crippen molar-refractivity contribution in [3.8, 4) is 5.75 Å². The fraction of sp³-hybridized carbons (Fsp3) is 0.0714. The summed E-state index contributed by atoms with van der Waals surface area (Å²) >= 11 is 0. The molecule has 2 aromatic carbocycles. The summed E-state index contributed by atoms with van der Waals surface area (Å²) in [5.74, 6) is -4.28. The first-order valence-corrected chi connectivity index (χ1v) is 5.57. The first kappa shape index (κ1) is 13.9. The summed E-state index contributed by atoms with van der Waals surface area (Å²) in [6.07, 6.45) is 0. The van der Waals surface area contributed by atoms with Crippen molar-refractivity contribution in [1.29, 1.82) is 0 Å². The van der Waals surface area contributed by atoms with Crippen LogP contribution < -0.4 is 4.74 Å². The van der Waals surface area contributed by atoms with E-state index in [0.717, 1.165) is 18.2 Å². The van der Waals surface area contributed by atoms with Crippen molar-refractivity contribution in [2.75, 3.05) is 0 Å². The highest BCUT2D eigenvalue weighted by molar-refractivity contribution is 5.90. The number of para-hydroxylation sites is 1. The lowest BCUT2D eigenvalue weighted by Crippen LogP contribution is -2.05. The van der Waals surface area contributed by atoms with E-state index in [0.29, 0.717) is 6.07 Å². The molecule has 0 heterocycles. The van der Waals surface area contributed by atoms with E-state index in [1.807, 2.05) is 0 Å². The Kier molecular flexibility index (Phi) is 3.93. The normalized spacial score (nSPS) is 10.3. The molecule has 20 heavy (non-hydrogen) atoms. The van der Waals surface area contributed by atoms with Crippen molar-refractivity contribution < 1.29 is 27.8 Å². The molecule has 0 saturated carbocycles. The van der Waals surface area contributed by atoms with Crippen LogP contribution in [0.2, 0.25) is 0 Å². The highest BCUT2D eigenvalue weighted by Gasteiger charge is 2.16. The van der Waals surface area contributed by atoms with Crippen LogP contribution >= 0.6 is 0 Å². The molecule has 0 atom stereocenters. The third-order valence-corrected chi connectivity index (χ3v) is 2.50. The van der Waals surface area contributed by atoms with Gasteiger partial charge in [0, 0.05) is 6.07 Å². The van der Waals surface area contributed by atoms with Gasteiger partial charge in [0.25, 0.3) is 0 Å². The Morgan fingerprint density at radius 3 is 2.35 bits per heavy atom. The van der Waals surface area contributed by atoms with Gasteiger partial charge in [0.1, 0.15) is 23.8 Å². The number of benzene rings is 2. The molecule has 0 aromatic heterocycles. The van der Waals surface area contributed by atoms with Crippen molar-refractivity contribution in [1.82, 2.24) is 0 Å². The molecule has 0 amide bonds. The lowest BCUT2D eigenvalue weighted by molar-refractivity contribution is 0.0690. The minimum atomic E-state index is -1.36. The van der Waals surface area contributed by atoms with Gasteiger partial charge in [-0.15, -0.1) is 0 Å². The van der Waals surface area contributed by atoms with Gasteiger partial charge in [0.15, 0.2) is 11.6 Å². The van der Waals surface area contributed by atoms with Gasteiger partial charge >= 0.3 is 5.97 Å². The number of carboxylic acids is 1. The van der Waals surface area contributed by atoms with E-state index in [9.17, 15) is 18.0 Å². The quantitative estimate of drug-likeness (QED) is 0.935. The Labute approximate surface area is 112 Å². The Morgan fingerprint density at radius 1 is 1.10 bits per heavy atom. The van der Waals surface area contributed by atoms with Crippen LogP contribution in [0, 0.1) is 17.5 Å². The smallest absolute Gasteiger partial charge is 0.339 e. The largest absolute Gasteiger partial charge is 0.485 e. The predicted octanol–water partition coefficient (Wildman–Crippen LogP) is 3.38. The average Bonchev–Trinajstić information content (AvgIpc) is 2.35. The molecule has 0 unspecified atom stereocenters. The Hall–Kier alpha value is -2.50. The maximum Gasteiger partial charge on any atom is 0.339 e. The van der Waals surface area contributed by atoms with Crippen LogP contribution in [0.4, 0.5) is 13.2 Å². The van der Waals surface area contributed by atoms with E-state index >= 15 is 0 Å². The molecule has 0 aliphatic rings. The molecule has 0 aliphatic heterocycles. The predicted molar refractivity (Wildman–Crippen MR) is 64.0 cm³/mol. The molecular weight excluding hydrogens is 273 g/mol. The van der Waals surface area contributed by atoms with E-state index < -0.39 is 29.2 Å². The Bertz CT molecular complexity index is 636. The third-order valence-electron chi connectivity index (χ3n) is 2.50. The fourth-order valence-corrected chi connectivity index (χ4v) is 1.67. The second-order valence-electron chi connectivity index (χ2n) is 3.99. The SMILES string of the molecule is O=C(O)c1cccc(F)c1OCc1cc(F)cc(F)c1. The van der Waals surface area contributed by atoms with Crippen molar-refractivity contribution >= 4 is 5.97 Å². The standard InChI is InChI=1S/C14H9F3O3/c15-9-4-8(5-10(16)6-9)7-20-13-11(14(18)19)2-1-3-12(13)17/h1-6H,7H2,(H,18,19). The zero-order valence-electron chi connectivity index (χ0n) is 10.1. The molecule has 1 N–H and O–H groups in total. The second kappa shape index (κ2) is 5.64.